The second-order valence-electron chi connectivity index (χ2n) is 6.40. The van der Waals surface area contributed by atoms with Gasteiger partial charge in [0.1, 0.15) is 24.5 Å². The van der Waals surface area contributed by atoms with Crippen LogP contribution in [0.3, 0.4) is 0 Å². The molecule has 1 aliphatic rings. The van der Waals surface area contributed by atoms with E-state index in [0.29, 0.717) is 6.54 Å². The number of benzene rings is 1. The maximum atomic E-state index is 13.5. The van der Waals surface area contributed by atoms with E-state index in [9.17, 15) is 4.39 Å². The van der Waals surface area contributed by atoms with Gasteiger partial charge in [0.2, 0.25) is 0 Å². The van der Waals surface area contributed by atoms with Crippen molar-refractivity contribution < 1.29 is 4.39 Å². The van der Waals surface area contributed by atoms with Gasteiger partial charge < -0.3 is 15.5 Å². The Balaban J connectivity index is 1.63. The molecule has 0 saturated carbocycles. The molecule has 2 aromatic rings. The van der Waals surface area contributed by atoms with Gasteiger partial charge in [0.15, 0.2) is 5.96 Å². The largest absolute Gasteiger partial charge is 0.369 e. The van der Waals surface area contributed by atoms with E-state index < -0.39 is 0 Å². The number of nitrogens with zero attached hydrogens (tertiary/aromatic N) is 5. The molecule has 1 saturated heterocycles. The first-order valence-electron chi connectivity index (χ1n) is 9.04. The Hall–Kier alpha value is -2.64. The molecule has 0 radical (unpaired) electrons. The van der Waals surface area contributed by atoms with Crippen LogP contribution in [0.1, 0.15) is 25.6 Å². The second-order valence-corrected chi connectivity index (χ2v) is 6.40. The lowest BCUT2D eigenvalue weighted by Gasteiger charge is -2.35. The molecule has 0 aliphatic carbocycles. The van der Waals surface area contributed by atoms with Crippen LogP contribution in [0.4, 0.5) is 10.1 Å². The lowest BCUT2D eigenvalue weighted by Crippen LogP contribution is -2.51. The van der Waals surface area contributed by atoms with Gasteiger partial charge in [-0.05, 0) is 38.0 Å². The van der Waals surface area contributed by atoms with Crippen molar-refractivity contribution in [3.05, 3.63) is 42.2 Å². The van der Waals surface area contributed by atoms with Gasteiger partial charge in [-0.1, -0.05) is 6.07 Å². The summed E-state index contributed by atoms with van der Waals surface area (Å²) in [6.07, 6.45) is 3.64. The van der Waals surface area contributed by atoms with Crippen LogP contribution in [0.2, 0.25) is 0 Å². The van der Waals surface area contributed by atoms with Crippen molar-refractivity contribution in [1.82, 2.24) is 25.4 Å². The fraction of sp³-hybridized carbons (Fsp3) is 0.500. The first-order chi connectivity index (χ1) is 12.7. The van der Waals surface area contributed by atoms with Gasteiger partial charge in [0.05, 0.1) is 0 Å². The minimum Gasteiger partial charge on any atom is -0.369 e. The Morgan fingerprint density at radius 3 is 3.04 bits per heavy atom. The van der Waals surface area contributed by atoms with Crippen molar-refractivity contribution in [1.29, 1.82) is 0 Å². The lowest BCUT2D eigenvalue weighted by atomic mass is 10.0. The minimum absolute atomic E-state index is 0.198. The summed E-state index contributed by atoms with van der Waals surface area (Å²) in [4.78, 5) is 11.0. The molecule has 2 N–H and O–H groups in total. The molecule has 1 fully saturated rings. The average Bonchev–Trinajstić information content (AvgIpc) is 3.05. The number of aliphatic imine (C=N–C) groups is 1. The minimum atomic E-state index is -0.198. The molecule has 1 aromatic heterocycles. The molecular formula is C18H26FN7. The zero-order chi connectivity index (χ0) is 18.4. The topological polar surface area (TPSA) is 70.4 Å². The number of guanidine groups is 1. The highest BCUT2D eigenvalue weighted by Crippen LogP contribution is 2.20. The highest BCUT2D eigenvalue weighted by molar-refractivity contribution is 5.80. The molecule has 0 amide bonds. The molecule has 8 heteroatoms. The van der Waals surface area contributed by atoms with E-state index in [2.05, 4.69) is 30.6 Å². The molecule has 7 nitrogen and oxygen atoms in total. The predicted molar refractivity (Wildman–Crippen MR) is 101 cm³/mol. The van der Waals surface area contributed by atoms with E-state index in [4.69, 9.17) is 0 Å². The van der Waals surface area contributed by atoms with E-state index in [1.165, 1.54) is 12.4 Å². The van der Waals surface area contributed by atoms with Gasteiger partial charge in [0.25, 0.3) is 0 Å². The van der Waals surface area contributed by atoms with E-state index in [1.54, 1.807) is 16.8 Å². The third-order valence-corrected chi connectivity index (χ3v) is 4.46. The number of halogens is 1. The second kappa shape index (κ2) is 8.64. The highest BCUT2D eigenvalue weighted by Gasteiger charge is 2.21. The molecule has 1 aliphatic heterocycles. The van der Waals surface area contributed by atoms with Gasteiger partial charge in [0, 0.05) is 38.4 Å². The molecule has 1 atom stereocenters. The van der Waals surface area contributed by atoms with Crippen molar-refractivity contribution in [2.75, 3.05) is 24.5 Å². The lowest BCUT2D eigenvalue weighted by molar-refractivity contribution is 0.467. The first-order valence-corrected chi connectivity index (χ1v) is 9.04. The number of hydrogen-bond donors (Lipinski definition) is 2. The van der Waals surface area contributed by atoms with Crippen molar-refractivity contribution in [2.24, 2.45) is 12.0 Å². The number of piperidine rings is 1. The Morgan fingerprint density at radius 1 is 1.42 bits per heavy atom. The molecule has 1 aromatic carbocycles. The smallest absolute Gasteiger partial charge is 0.191 e. The fourth-order valence-electron chi connectivity index (χ4n) is 3.13. The van der Waals surface area contributed by atoms with Crippen LogP contribution in [0.15, 0.2) is 35.6 Å². The maximum Gasteiger partial charge on any atom is 0.191 e. The van der Waals surface area contributed by atoms with Crippen LogP contribution in [0.5, 0.6) is 0 Å². The van der Waals surface area contributed by atoms with E-state index in [1.807, 2.05) is 20.0 Å². The number of aryl methyl sites for hydroxylation is 1. The Morgan fingerprint density at radius 2 is 2.31 bits per heavy atom. The third-order valence-electron chi connectivity index (χ3n) is 4.46. The maximum absolute atomic E-state index is 13.5. The van der Waals surface area contributed by atoms with Gasteiger partial charge >= 0.3 is 0 Å². The molecule has 0 bridgehead atoms. The number of anilines is 1. The van der Waals surface area contributed by atoms with Crippen molar-refractivity contribution in [3.8, 4) is 0 Å². The predicted octanol–water partition coefficient (Wildman–Crippen LogP) is 1.68. The van der Waals surface area contributed by atoms with E-state index in [-0.39, 0.29) is 11.9 Å². The normalized spacial score (nSPS) is 18.0. The SMILES string of the molecule is CCNC(=NCc1ncnn1C)NC1CCCN(c2cccc(F)c2)C1. The molecule has 26 heavy (non-hydrogen) atoms. The van der Waals surface area contributed by atoms with Crippen LogP contribution in [-0.4, -0.2) is 46.4 Å². The van der Waals surface area contributed by atoms with Gasteiger partial charge in [-0.25, -0.2) is 14.4 Å². The fourth-order valence-corrected chi connectivity index (χ4v) is 3.13. The van der Waals surface area contributed by atoms with E-state index in [0.717, 1.165) is 49.9 Å². The van der Waals surface area contributed by atoms with Crippen molar-refractivity contribution in [2.45, 2.75) is 32.4 Å². The summed E-state index contributed by atoms with van der Waals surface area (Å²) in [6, 6.07) is 7.04. The van der Waals surface area contributed by atoms with Crippen LogP contribution >= 0.6 is 0 Å². The number of hydrogen-bond acceptors (Lipinski definition) is 4. The Labute approximate surface area is 153 Å². The average molecular weight is 359 g/mol. The van der Waals surface area contributed by atoms with Crippen LogP contribution in [-0.2, 0) is 13.6 Å². The summed E-state index contributed by atoms with van der Waals surface area (Å²) in [5.74, 6) is 1.38. The summed E-state index contributed by atoms with van der Waals surface area (Å²) in [5.41, 5.74) is 0.928. The van der Waals surface area contributed by atoms with Gasteiger partial charge in [-0.15, -0.1) is 0 Å². The number of nitrogens with one attached hydrogen (secondary N) is 2. The van der Waals surface area contributed by atoms with E-state index >= 15 is 0 Å². The van der Waals surface area contributed by atoms with Gasteiger partial charge in [-0.2, -0.15) is 5.10 Å². The Kier molecular flexibility index (Phi) is 6.04. The summed E-state index contributed by atoms with van der Waals surface area (Å²) in [5, 5.41) is 10.8. The molecule has 1 unspecified atom stereocenters. The summed E-state index contributed by atoms with van der Waals surface area (Å²) in [6.45, 7) is 5.04. The van der Waals surface area contributed by atoms with Crippen LogP contribution in [0.25, 0.3) is 0 Å². The zero-order valence-corrected chi connectivity index (χ0v) is 15.3. The standard InChI is InChI=1S/C18H26FN7/c1-3-20-18(21-11-17-22-13-23-25(17)2)24-15-7-5-9-26(12-15)16-8-4-6-14(19)10-16/h4,6,8,10,13,15H,3,5,7,9,11-12H2,1-2H3,(H2,20,21,24). The summed E-state index contributed by atoms with van der Waals surface area (Å²) < 4.78 is 15.2. The zero-order valence-electron chi connectivity index (χ0n) is 15.3. The molecule has 0 spiro atoms. The van der Waals surface area contributed by atoms with Crippen LogP contribution in [0, 0.1) is 5.82 Å². The van der Waals surface area contributed by atoms with Crippen LogP contribution < -0.4 is 15.5 Å². The van der Waals surface area contributed by atoms with Gasteiger partial charge in [-0.3, -0.25) is 4.68 Å². The third kappa shape index (κ3) is 4.71. The van der Waals surface area contributed by atoms with Crippen molar-refractivity contribution >= 4 is 11.6 Å². The molecule has 140 valence electrons. The first kappa shape index (κ1) is 18.2. The van der Waals surface area contributed by atoms with Crippen molar-refractivity contribution in [3.63, 3.8) is 0 Å². The molecular weight excluding hydrogens is 333 g/mol. The number of rotatable bonds is 5. The Bertz CT molecular complexity index is 743. The summed E-state index contributed by atoms with van der Waals surface area (Å²) >= 11 is 0. The molecule has 2 heterocycles. The number of aromatic nitrogens is 3. The quantitative estimate of drug-likeness (QED) is 0.628. The molecule has 3 rings (SSSR count). The monoisotopic (exact) mass is 359 g/mol. The summed E-state index contributed by atoms with van der Waals surface area (Å²) in [7, 11) is 1.86. The highest BCUT2D eigenvalue weighted by atomic mass is 19.1.